The van der Waals surface area contributed by atoms with Gasteiger partial charge < -0.3 is 0 Å². The molecular formula is C16H26N2O2S. The van der Waals surface area contributed by atoms with Crippen LogP contribution in [0.4, 0.5) is 0 Å². The van der Waals surface area contributed by atoms with E-state index < -0.39 is 10.0 Å². The Labute approximate surface area is 128 Å². The molecule has 0 unspecified atom stereocenters. The predicted octanol–water partition coefficient (Wildman–Crippen LogP) is 2.06. The fourth-order valence-electron chi connectivity index (χ4n) is 2.59. The molecular weight excluding hydrogens is 284 g/mol. The van der Waals surface area contributed by atoms with Gasteiger partial charge in [0.25, 0.3) is 0 Å². The molecule has 0 bridgehead atoms. The van der Waals surface area contributed by atoms with Gasteiger partial charge in [0.15, 0.2) is 0 Å². The Morgan fingerprint density at radius 1 is 1.00 bits per heavy atom. The van der Waals surface area contributed by atoms with Crippen molar-refractivity contribution in [3.05, 3.63) is 35.4 Å². The topological polar surface area (TPSA) is 40.6 Å². The largest absolute Gasteiger partial charge is 0.296 e. The van der Waals surface area contributed by atoms with Crippen molar-refractivity contribution in [3.8, 4) is 0 Å². The molecule has 0 saturated carbocycles. The molecule has 0 spiro atoms. The number of hydrogen-bond donors (Lipinski definition) is 0. The second-order valence-corrected chi connectivity index (χ2v) is 8.87. The molecule has 0 amide bonds. The van der Waals surface area contributed by atoms with Crippen molar-refractivity contribution >= 4 is 10.0 Å². The van der Waals surface area contributed by atoms with Gasteiger partial charge in [-0.15, -0.1) is 0 Å². The highest BCUT2D eigenvalue weighted by Gasteiger charge is 2.23. The van der Waals surface area contributed by atoms with E-state index in [1.807, 2.05) is 0 Å². The van der Waals surface area contributed by atoms with Gasteiger partial charge in [-0.2, -0.15) is 4.31 Å². The highest BCUT2D eigenvalue weighted by molar-refractivity contribution is 7.88. The molecule has 1 fully saturated rings. The van der Waals surface area contributed by atoms with Gasteiger partial charge in [-0.25, -0.2) is 8.42 Å². The lowest BCUT2D eigenvalue weighted by Gasteiger charge is -2.33. The lowest BCUT2D eigenvalue weighted by atomic mass is 9.87. The average molecular weight is 310 g/mol. The van der Waals surface area contributed by atoms with Gasteiger partial charge in [-0.05, 0) is 16.5 Å². The van der Waals surface area contributed by atoms with Gasteiger partial charge >= 0.3 is 0 Å². The second kappa shape index (κ2) is 6.07. The summed E-state index contributed by atoms with van der Waals surface area (Å²) < 4.78 is 24.5. The zero-order chi connectivity index (χ0) is 15.7. The van der Waals surface area contributed by atoms with E-state index in [1.54, 1.807) is 4.31 Å². The van der Waals surface area contributed by atoms with Crippen LogP contribution < -0.4 is 0 Å². The van der Waals surface area contributed by atoms with Crippen molar-refractivity contribution in [2.45, 2.75) is 32.7 Å². The summed E-state index contributed by atoms with van der Waals surface area (Å²) in [6.45, 7) is 10.3. The van der Waals surface area contributed by atoms with Gasteiger partial charge in [0.1, 0.15) is 0 Å². The molecule has 5 heteroatoms. The summed E-state index contributed by atoms with van der Waals surface area (Å²) >= 11 is 0. The normalized spacial score (nSPS) is 18.9. The summed E-state index contributed by atoms with van der Waals surface area (Å²) in [6, 6.07) is 8.76. The smallest absolute Gasteiger partial charge is 0.211 e. The van der Waals surface area contributed by atoms with Gasteiger partial charge in [-0.3, -0.25) is 4.90 Å². The highest BCUT2D eigenvalue weighted by atomic mass is 32.2. The first-order chi connectivity index (χ1) is 9.66. The minimum Gasteiger partial charge on any atom is -0.296 e. The van der Waals surface area contributed by atoms with Crippen molar-refractivity contribution in [1.29, 1.82) is 0 Å². The predicted molar refractivity (Wildman–Crippen MR) is 86.8 cm³/mol. The van der Waals surface area contributed by atoms with Crippen LogP contribution in [0.2, 0.25) is 0 Å². The molecule has 0 atom stereocenters. The standard InChI is InChI=1S/C16H26N2O2S/c1-16(2,3)15-7-5-14(6-8-15)13-17-9-11-18(12-10-17)21(4,19)20/h5-8H,9-13H2,1-4H3. The molecule has 1 aliphatic rings. The van der Waals surface area contributed by atoms with Crippen LogP contribution in [0, 0.1) is 0 Å². The first-order valence-corrected chi connectivity index (χ1v) is 9.28. The van der Waals surface area contributed by atoms with E-state index in [4.69, 9.17) is 0 Å². The van der Waals surface area contributed by atoms with Gasteiger partial charge in [-0.1, -0.05) is 45.0 Å². The van der Waals surface area contributed by atoms with Crippen molar-refractivity contribution < 1.29 is 8.42 Å². The summed E-state index contributed by atoms with van der Waals surface area (Å²) in [5.74, 6) is 0. The van der Waals surface area contributed by atoms with Gasteiger partial charge in [0.2, 0.25) is 10.0 Å². The van der Waals surface area contributed by atoms with Crippen molar-refractivity contribution in [3.63, 3.8) is 0 Å². The third-order valence-electron chi connectivity index (χ3n) is 4.03. The molecule has 0 aromatic heterocycles. The average Bonchev–Trinajstić information content (AvgIpc) is 2.38. The second-order valence-electron chi connectivity index (χ2n) is 6.89. The molecule has 118 valence electrons. The Morgan fingerprint density at radius 3 is 1.95 bits per heavy atom. The molecule has 1 aliphatic heterocycles. The first-order valence-electron chi connectivity index (χ1n) is 7.43. The van der Waals surface area contributed by atoms with Crippen LogP contribution in [0.25, 0.3) is 0 Å². The van der Waals surface area contributed by atoms with Crippen LogP contribution >= 0.6 is 0 Å². The van der Waals surface area contributed by atoms with E-state index >= 15 is 0 Å². The number of hydrogen-bond acceptors (Lipinski definition) is 3. The Balaban J connectivity index is 1.92. The molecule has 1 aromatic carbocycles. The minimum atomic E-state index is -3.04. The molecule has 0 aliphatic carbocycles. The van der Waals surface area contributed by atoms with E-state index in [-0.39, 0.29) is 5.41 Å². The lowest BCUT2D eigenvalue weighted by Crippen LogP contribution is -2.47. The Bertz CT molecular complexity index is 565. The summed E-state index contributed by atoms with van der Waals surface area (Å²) in [6.07, 6.45) is 1.29. The molecule has 1 saturated heterocycles. The first kappa shape index (κ1) is 16.5. The lowest BCUT2D eigenvalue weighted by molar-refractivity contribution is 0.182. The molecule has 1 aromatic rings. The summed E-state index contributed by atoms with van der Waals surface area (Å²) in [5, 5.41) is 0. The maximum atomic E-state index is 11.5. The fourth-order valence-corrected chi connectivity index (χ4v) is 3.41. The van der Waals surface area contributed by atoms with E-state index in [9.17, 15) is 8.42 Å². The number of benzene rings is 1. The molecule has 2 rings (SSSR count). The van der Waals surface area contributed by atoms with E-state index in [0.29, 0.717) is 13.1 Å². The van der Waals surface area contributed by atoms with Gasteiger partial charge in [0, 0.05) is 32.7 Å². The number of piperazine rings is 1. The Hall–Kier alpha value is -0.910. The zero-order valence-electron chi connectivity index (χ0n) is 13.5. The molecule has 4 nitrogen and oxygen atoms in total. The minimum absolute atomic E-state index is 0.180. The maximum Gasteiger partial charge on any atom is 0.211 e. The van der Waals surface area contributed by atoms with Crippen LogP contribution in [0.1, 0.15) is 31.9 Å². The third kappa shape index (κ3) is 4.53. The van der Waals surface area contributed by atoms with Crippen molar-refractivity contribution in [2.24, 2.45) is 0 Å². The Morgan fingerprint density at radius 2 is 1.52 bits per heavy atom. The number of sulfonamides is 1. The van der Waals surface area contributed by atoms with E-state index in [2.05, 4.69) is 49.9 Å². The zero-order valence-corrected chi connectivity index (χ0v) is 14.3. The SMILES string of the molecule is CC(C)(C)c1ccc(CN2CCN(S(C)(=O)=O)CC2)cc1. The number of rotatable bonds is 3. The molecule has 0 radical (unpaired) electrons. The maximum absolute atomic E-state index is 11.5. The van der Waals surface area contributed by atoms with Crippen LogP contribution in [-0.4, -0.2) is 50.1 Å². The van der Waals surface area contributed by atoms with Crippen molar-refractivity contribution in [1.82, 2.24) is 9.21 Å². The molecule has 0 N–H and O–H groups in total. The van der Waals surface area contributed by atoms with E-state index in [0.717, 1.165) is 19.6 Å². The number of nitrogens with zero attached hydrogens (tertiary/aromatic N) is 2. The summed E-state index contributed by atoms with van der Waals surface area (Å²) in [5.41, 5.74) is 2.81. The van der Waals surface area contributed by atoms with Crippen LogP contribution in [0.3, 0.4) is 0 Å². The van der Waals surface area contributed by atoms with E-state index in [1.165, 1.54) is 17.4 Å². The van der Waals surface area contributed by atoms with Gasteiger partial charge in [0.05, 0.1) is 6.26 Å². The summed E-state index contributed by atoms with van der Waals surface area (Å²) in [7, 11) is -3.04. The van der Waals surface area contributed by atoms with Crippen molar-refractivity contribution in [2.75, 3.05) is 32.4 Å². The monoisotopic (exact) mass is 310 g/mol. The third-order valence-corrected chi connectivity index (χ3v) is 5.33. The highest BCUT2D eigenvalue weighted by Crippen LogP contribution is 2.22. The van der Waals surface area contributed by atoms with Crippen LogP contribution in [0.5, 0.6) is 0 Å². The van der Waals surface area contributed by atoms with Crippen LogP contribution in [0.15, 0.2) is 24.3 Å². The quantitative estimate of drug-likeness (QED) is 0.858. The molecule has 21 heavy (non-hydrogen) atoms. The fraction of sp³-hybridized carbons (Fsp3) is 0.625. The Kier molecular flexibility index (Phi) is 4.76. The molecule has 1 heterocycles. The summed E-state index contributed by atoms with van der Waals surface area (Å²) in [4.78, 5) is 2.31. The van der Waals surface area contributed by atoms with Crippen LogP contribution in [-0.2, 0) is 22.0 Å².